The van der Waals surface area contributed by atoms with Crippen LogP contribution in [0.3, 0.4) is 0 Å². The van der Waals surface area contributed by atoms with E-state index in [2.05, 4.69) is 36.4 Å². The van der Waals surface area contributed by atoms with Gasteiger partial charge in [-0.05, 0) is 80.2 Å². The number of halogens is 2. The predicted molar refractivity (Wildman–Crippen MR) is 112 cm³/mol. The molecule has 0 aliphatic carbocycles. The summed E-state index contributed by atoms with van der Waals surface area (Å²) < 4.78 is 26.8. The van der Waals surface area contributed by atoms with Crippen molar-refractivity contribution in [1.29, 1.82) is 0 Å². The number of hydrogen-bond acceptors (Lipinski definition) is 0. The highest BCUT2D eigenvalue weighted by Gasteiger charge is 2.11. The van der Waals surface area contributed by atoms with E-state index in [9.17, 15) is 8.78 Å². The lowest BCUT2D eigenvalue weighted by molar-refractivity contribution is 0.627. The summed E-state index contributed by atoms with van der Waals surface area (Å²) in [6, 6.07) is 29.8. The molecule has 28 heavy (non-hydrogen) atoms. The molecule has 5 aromatic carbocycles. The van der Waals surface area contributed by atoms with Crippen LogP contribution in [0, 0.1) is 11.6 Å². The van der Waals surface area contributed by atoms with Gasteiger partial charge in [-0.2, -0.15) is 0 Å². The summed E-state index contributed by atoms with van der Waals surface area (Å²) in [6.07, 6.45) is 0. The van der Waals surface area contributed by atoms with Gasteiger partial charge < -0.3 is 0 Å². The summed E-state index contributed by atoms with van der Waals surface area (Å²) in [7, 11) is 0. The summed E-state index contributed by atoms with van der Waals surface area (Å²) in [5.74, 6) is -0.497. The van der Waals surface area contributed by atoms with Crippen LogP contribution >= 0.6 is 0 Å². The Hall–Kier alpha value is -3.52. The minimum Gasteiger partial charge on any atom is -0.207 e. The quantitative estimate of drug-likeness (QED) is 0.282. The Balaban J connectivity index is 1.85. The molecule has 0 atom stereocenters. The molecule has 0 spiro atoms. The Morgan fingerprint density at radius 3 is 1.21 bits per heavy atom. The number of rotatable bonds is 2. The van der Waals surface area contributed by atoms with E-state index < -0.39 is 0 Å². The zero-order valence-electron chi connectivity index (χ0n) is 15.0. The van der Waals surface area contributed by atoms with Crippen molar-refractivity contribution in [3.63, 3.8) is 0 Å². The highest BCUT2D eigenvalue weighted by atomic mass is 19.1. The van der Waals surface area contributed by atoms with Crippen molar-refractivity contribution >= 4 is 21.5 Å². The van der Waals surface area contributed by atoms with Crippen LogP contribution in [0.5, 0.6) is 0 Å². The first-order valence-corrected chi connectivity index (χ1v) is 9.16. The molecule has 5 rings (SSSR count). The molecule has 0 radical (unpaired) electrons. The summed E-state index contributed by atoms with van der Waals surface area (Å²) in [5.41, 5.74) is 4.03. The third-order valence-corrected chi connectivity index (χ3v) is 5.19. The van der Waals surface area contributed by atoms with Gasteiger partial charge in [-0.15, -0.1) is 0 Å². The van der Waals surface area contributed by atoms with Crippen molar-refractivity contribution in [1.82, 2.24) is 0 Å². The highest BCUT2D eigenvalue weighted by molar-refractivity contribution is 6.10. The van der Waals surface area contributed by atoms with Crippen molar-refractivity contribution in [2.24, 2.45) is 0 Å². The van der Waals surface area contributed by atoms with Crippen LogP contribution in [-0.4, -0.2) is 0 Å². The first-order chi connectivity index (χ1) is 13.7. The number of hydrogen-bond donors (Lipinski definition) is 0. The smallest absolute Gasteiger partial charge is 0.123 e. The van der Waals surface area contributed by atoms with Crippen LogP contribution in [0.2, 0.25) is 0 Å². The molecule has 2 heteroatoms. The maximum atomic E-state index is 13.4. The maximum Gasteiger partial charge on any atom is 0.123 e. The number of fused-ring (bicyclic) bond motifs is 2. The average Bonchev–Trinajstić information content (AvgIpc) is 2.73. The second kappa shape index (κ2) is 6.58. The fourth-order valence-electron chi connectivity index (χ4n) is 3.79. The summed E-state index contributed by atoms with van der Waals surface area (Å²) in [6.45, 7) is 0. The maximum absolute atomic E-state index is 13.4. The molecule has 0 aromatic heterocycles. The highest BCUT2D eigenvalue weighted by Crippen LogP contribution is 2.38. The van der Waals surface area contributed by atoms with Gasteiger partial charge in [-0.3, -0.25) is 0 Å². The second-order valence-corrected chi connectivity index (χ2v) is 6.92. The molecule has 0 nitrogen and oxygen atoms in total. The third-order valence-electron chi connectivity index (χ3n) is 5.19. The fraction of sp³-hybridized carbons (Fsp3) is 0. The summed E-state index contributed by atoms with van der Waals surface area (Å²) >= 11 is 0. The van der Waals surface area contributed by atoms with Gasteiger partial charge in [0.05, 0.1) is 0 Å². The van der Waals surface area contributed by atoms with Gasteiger partial charge in [-0.25, -0.2) is 8.78 Å². The van der Waals surface area contributed by atoms with Gasteiger partial charge >= 0.3 is 0 Å². The zero-order chi connectivity index (χ0) is 19.1. The normalized spacial score (nSPS) is 11.2. The van der Waals surface area contributed by atoms with Crippen molar-refractivity contribution < 1.29 is 8.78 Å². The molecule has 0 N–H and O–H groups in total. The van der Waals surface area contributed by atoms with E-state index in [4.69, 9.17) is 0 Å². The van der Waals surface area contributed by atoms with Crippen LogP contribution in [-0.2, 0) is 0 Å². The third kappa shape index (κ3) is 2.84. The van der Waals surface area contributed by atoms with E-state index in [0.29, 0.717) is 0 Å². The van der Waals surface area contributed by atoms with Crippen molar-refractivity contribution in [2.75, 3.05) is 0 Å². The predicted octanol–water partition coefficient (Wildman–Crippen LogP) is 7.61. The molecule has 0 saturated heterocycles. The average molecular weight is 366 g/mol. The van der Waals surface area contributed by atoms with Gasteiger partial charge in [0.1, 0.15) is 11.6 Å². The molecule has 0 fully saturated rings. The molecule has 5 aromatic rings. The van der Waals surface area contributed by atoms with Crippen molar-refractivity contribution in [2.45, 2.75) is 0 Å². The Bertz CT molecular complexity index is 1200. The minimum atomic E-state index is -0.249. The van der Waals surface area contributed by atoms with Crippen LogP contribution in [0.15, 0.2) is 97.1 Å². The number of benzene rings is 5. The first-order valence-electron chi connectivity index (χ1n) is 9.16. The van der Waals surface area contributed by atoms with Crippen LogP contribution in [0.25, 0.3) is 43.8 Å². The Labute approximate surface area is 161 Å². The van der Waals surface area contributed by atoms with Crippen LogP contribution in [0.4, 0.5) is 8.78 Å². The molecule has 0 unspecified atom stereocenters. The summed E-state index contributed by atoms with van der Waals surface area (Å²) in [4.78, 5) is 0. The molecule has 0 amide bonds. The zero-order valence-corrected chi connectivity index (χ0v) is 15.0. The van der Waals surface area contributed by atoms with Crippen molar-refractivity contribution in [3.8, 4) is 22.3 Å². The van der Waals surface area contributed by atoms with Gasteiger partial charge in [0.15, 0.2) is 0 Å². The topological polar surface area (TPSA) is 0 Å². The molecule has 0 saturated carbocycles. The molecule has 0 bridgehead atoms. The van der Waals surface area contributed by atoms with E-state index in [1.54, 1.807) is 24.3 Å². The van der Waals surface area contributed by atoms with Crippen LogP contribution in [0.1, 0.15) is 0 Å². The Morgan fingerprint density at radius 2 is 0.821 bits per heavy atom. The standard InChI is InChI=1S/C26H16F2/c27-21-9-5-17(6-10-21)23-13-14-24(18-7-11-22(28)12-8-18)26-16-20-4-2-1-3-19(20)15-25(23)26/h1-16H. The fourth-order valence-corrected chi connectivity index (χ4v) is 3.79. The van der Waals surface area contributed by atoms with E-state index in [-0.39, 0.29) is 11.6 Å². The lowest BCUT2D eigenvalue weighted by atomic mass is 9.90. The van der Waals surface area contributed by atoms with Gasteiger partial charge in [0, 0.05) is 0 Å². The second-order valence-electron chi connectivity index (χ2n) is 6.92. The Kier molecular flexibility index (Phi) is 3.91. The SMILES string of the molecule is Fc1ccc(-c2ccc(-c3ccc(F)cc3)c3cc4ccccc4cc23)cc1. The first kappa shape index (κ1) is 16.6. The minimum absolute atomic E-state index is 0.249. The molecule has 134 valence electrons. The monoisotopic (exact) mass is 366 g/mol. The lowest BCUT2D eigenvalue weighted by Gasteiger charge is -2.14. The molecular weight excluding hydrogens is 350 g/mol. The Morgan fingerprint density at radius 1 is 0.429 bits per heavy atom. The molecule has 0 aliphatic heterocycles. The van der Waals surface area contributed by atoms with E-state index in [0.717, 1.165) is 43.8 Å². The largest absolute Gasteiger partial charge is 0.207 e. The van der Waals surface area contributed by atoms with Gasteiger partial charge in [-0.1, -0.05) is 60.7 Å². The summed E-state index contributed by atoms with van der Waals surface area (Å²) in [5, 5.41) is 4.48. The van der Waals surface area contributed by atoms with Gasteiger partial charge in [0.25, 0.3) is 0 Å². The van der Waals surface area contributed by atoms with E-state index >= 15 is 0 Å². The molecule has 0 heterocycles. The lowest BCUT2D eigenvalue weighted by Crippen LogP contribution is -1.88. The van der Waals surface area contributed by atoms with E-state index in [1.807, 2.05) is 12.1 Å². The molecule has 0 aliphatic rings. The van der Waals surface area contributed by atoms with Crippen LogP contribution < -0.4 is 0 Å². The van der Waals surface area contributed by atoms with Crippen molar-refractivity contribution in [3.05, 3.63) is 109 Å². The van der Waals surface area contributed by atoms with Gasteiger partial charge in [0.2, 0.25) is 0 Å². The van der Waals surface area contributed by atoms with E-state index in [1.165, 1.54) is 24.3 Å². The molecular formula is C26H16F2.